The van der Waals surface area contributed by atoms with Crippen LogP contribution in [0.2, 0.25) is 0 Å². The Hall–Kier alpha value is -5.05. The molecule has 1 heterocycles. The number of hydrogen-bond donors (Lipinski definition) is 3. The highest BCUT2D eigenvalue weighted by Crippen LogP contribution is 2.38. The summed E-state index contributed by atoms with van der Waals surface area (Å²) in [6.45, 7) is 0. The van der Waals surface area contributed by atoms with Gasteiger partial charge in [0.05, 0.1) is 25.5 Å². The molecule has 234 valence electrons. The van der Waals surface area contributed by atoms with Gasteiger partial charge >= 0.3 is 0 Å². The third-order valence-electron chi connectivity index (χ3n) is 7.27. The Bertz CT molecular complexity index is 1830. The van der Waals surface area contributed by atoms with Crippen molar-refractivity contribution in [3.05, 3.63) is 106 Å². The highest BCUT2D eigenvalue weighted by Gasteiger charge is 2.22. The number of carbonyl (C=O) groups excluding carboxylic acids is 3. The third kappa shape index (κ3) is 7.96. The van der Waals surface area contributed by atoms with E-state index in [0.29, 0.717) is 38.9 Å². The molecule has 11 heteroatoms. The van der Waals surface area contributed by atoms with Gasteiger partial charge in [0.2, 0.25) is 5.91 Å². The number of methoxy groups -OCH3 is 2. The fraction of sp³-hybridized carbons (Fsp3) is 0.200. The van der Waals surface area contributed by atoms with Crippen LogP contribution in [-0.2, 0) is 22.4 Å². The van der Waals surface area contributed by atoms with E-state index in [0.717, 1.165) is 36.1 Å². The number of nitrogens with zero attached hydrogens (tertiary/aromatic N) is 1. The Morgan fingerprint density at radius 3 is 2.52 bits per heavy atom. The van der Waals surface area contributed by atoms with Crippen LogP contribution in [0.4, 0.5) is 10.7 Å². The third-order valence-corrected chi connectivity index (χ3v) is 9.47. The Morgan fingerprint density at radius 1 is 0.957 bits per heavy atom. The van der Waals surface area contributed by atoms with Gasteiger partial charge in [-0.2, -0.15) is 5.26 Å². The van der Waals surface area contributed by atoms with Gasteiger partial charge in [-0.05, 0) is 79.8 Å². The molecule has 3 amide bonds. The number of carbonyl (C=O) groups is 3. The van der Waals surface area contributed by atoms with Crippen molar-refractivity contribution in [2.75, 3.05) is 30.6 Å². The Labute approximate surface area is 275 Å². The molecule has 1 aliphatic rings. The van der Waals surface area contributed by atoms with Crippen molar-refractivity contribution in [2.45, 2.75) is 30.6 Å². The van der Waals surface area contributed by atoms with E-state index in [1.54, 1.807) is 73.8 Å². The fourth-order valence-electron chi connectivity index (χ4n) is 4.98. The van der Waals surface area contributed by atoms with Crippen molar-refractivity contribution < 1.29 is 23.9 Å². The lowest BCUT2D eigenvalue weighted by molar-refractivity contribution is -0.114. The zero-order chi connectivity index (χ0) is 32.5. The van der Waals surface area contributed by atoms with Crippen molar-refractivity contribution in [1.29, 1.82) is 5.26 Å². The van der Waals surface area contributed by atoms with E-state index in [1.807, 2.05) is 6.07 Å². The predicted molar refractivity (Wildman–Crippen MR) is 182 cm³/mol. The number of amides is 3. The summed E-state index contributed by atoms with van der Waals surface area (Å²) in [5.41, 5.74) is 3.09. The average molecular weight is 653 g/mol. The van der Waals surface area contributed by atoms with E-state index >= 15 is 0 Å². The molecule has 9 nitrogen and oxygen atoms in total. The number of hydrogen-bond acceptors (Lipinski definition) is 8. The highest BCUT2D eigenvalue weighted by molar-refractivity contribution is 8.00. The first-order chi connectivity index (χ1) is 22.4. The lowest BCUT2D eigenvalue weighted by Crippen LogP contribution is -2.30. The SMILES string of the molecule is COc1ccc(/C=C(/NC(=O)c2ccccc2)C(=O)Nc2cccc(SCC(=O)Nc3sc4c(c3C#N)CCCC4)c2)c(OC)c1. The minimum absolute atomic E-state index is 0.00157. The van der Waals surface area contributed by atoms with Gasteiger partial charge < -0.3 is 25.4 Å². The molecule has 5 rings (SSSR count). The molecule has 0 saturated carbocycles. The van der Waals surface area contributed by atoms with Crippen LogP contribution in [0.15, 0.2) is 83.4 Å². The molecule has 0 aliphatic heterocycles. The van der Waals surface area contributed by atoms with Gasteiger partial charge in [0.1, 0.15) is 28.3 Å². The Kier molecular flexibility index (Phi) is 10.8. The van der Waals surface area contributed by atoms with Gasteiger partial charge in [-0.15, -0.1) is 23.1 Å². The minimum atomic E-state index is -0.548. The maximum absolute atomic E-state index is 13.6. The second kappa shape index (κ2) is 15.3. The standard InChI is InChI=1S/C35H32N4O5S2/c1-43-25-16-15-23(30(19-25)44-2)17-29(38-33(41)22-9-4-3-5-10-22)34(42)37-24-11-8-12-26(18-24)45-21-32(40)39-35-28(20-36)27-13-6-7-14-31(27)46-35/h3-5,8-12,15-19H,6-7,13-14,21H2,1-2H3,(H,37,42)(H,38,41)(H,39,40)/b29-17+. The monoisotopic (exact) mass is 652 g/mol. The lowest BCUT2D eigenvalue weighted by Gasteiger charge is -2.13. The predicted octanol–water partition coefficient (Wildman–Crippen LogP) is 6.66. The van der Waals surface area contributed by atoms with E-state index in [1.165, 1.54) is 41.2 Å². The molecule has 0 saturated heterocycles. The van der Waals surface area contributed by atoms with E-state index < -0.39 is 11.8 Å². The topological polar surface area (TPSA) is 130 Å². The van der Waals surface area contributed by atoms with Crippen LogP contribution in [0.3, 0.4) is 0 Å². The fourth-order valence-corrected chi connectivity index (χ4v) is 6.99. The van der Waals surface area contributed by atoms with E-state index in [2.05, 4.69) is 22.0 Å². The maximum Gasteiger partial charge on any atom is 0.272 e. The summed E-state index contributed by atoms with van der Waals surface area (Å²) in [4.78, 5) is 41.4. The van der Waals surface area contributed by atoms with Crippen LogP contribution in [-0.4, -0.2) is 37.7 Å². The number of rotatable bonds is 11. The molecule has 46 heavy (non-hydrogen) atoms. The van der Waals surface area contributed by atoms with E-state index in [9.17, 15) is 19.6 Å². The zero-order valence-corrected chi connectivity index (χ0v) is 27.0. The molecule has 0 fully saturated rings. The van der Waals surface area contributed by atoms with Gasteiger partial charge in [0, 0.05) is 32.7 Å². The van der Waals surface area contributed by atoms with Crippen LogP contribution in [0, 0.1) is 11.3 Å². The molecule has 0 atom stereocenters. The summed E-state index contributed by atoms with van der Waals surface area (Å²) >= 11 is 2.81. The molecule has 0 unspecified atom stereocenters. The molecular weight excluding hydrogens is 621 g/mol. The zero-order valence-electron chi connectivity index (χ0n) is 25.3. The average Bonchev–Trinajstić information content (AvgIpc) is 3.44. The number of anilines is 2. The Morgan fingerprint density at radius 2 is 1.76 bits per heavy atom. The molecule has 4 aromatic rings. The number of benzene rings is 3. The van der Waals surface area contributed by atoms with Crippen molar-refractivity contribution in [2.24, 2.45) is 0 Å². The largest absolute Gasteiger partial charge is 0.497 e. The molecule has 1 aliphatic carbocycles. The quantitative estimate of drug-likeness (QED) is 0.122. The summed E-state index contributed by atoms with van der Waals surface area (Å²) in [5.74, 6) is -0.0443. The normalized spacial score (nSPS) is 12.3. The van der Waals surface area contributed by atoms with Crippen molar-refractivity contribution in [3.8, 4) is 17.6 Å². The number of thiophene rings is 1. The first kappa shape index (κ1) is 32.3. The molecule has 3 aromatic carbocycles. The summed E-state index contributed by atoms with van der Waals surface area (Å²) in [5, 5.41) is 18.8. The van der Waals surface area contributed by atoms with E-state index in [4.69, 9.17) is 9.47 Å². The summed E-state index contributed by atoms with van der Waals surface area (Å²) in [7, 11) is 3.05. The van der Waals surface area contributed by atoms with Crippen molar-refractivity contribution >= 4 is 57.6 Å². The molecule has 3 N–H and O–H groups in total. The Balaban J connectivity index is 1.29. The smallest absolute Gasteiger partial charge is 0.272 e. The number of nitrogens with one attached hydrogen (secondary N) is 3. The lowest BCUT2D eigenvalue weighted by atomic mass is 9.96. The van der Waals surface area contributed by atoms with Gasteiger partial charge in [-0.1, -0.05) is 24.3 Å². The first-order valence-electron chi connectivity index (χ1n) is 14.6. The van der Waals surface area contributed by atoms with E-state index in [-0.39, 0.29) is 17.4 Å². The molecular formula is C35H32N4O5S2. The number of nitriles is 1. The number of aryl methyl sites for hydroxylation is 1. The van der Waals surface area contributed by atoms with Crippen LogP contribution >= 0.6 is 23.1 Å². The van der Waals surface area contributed by atoms with Gasteiger partial charge in [-0.3, -0.25) is 14.4 Å². The molecule has 0 spiro atoms. The second-order valence-electron chi connectivity index (χ2n) is 10.3. The second-order valence-corrected chi connectivity index (χ2v) is 12.5. The molecule has 0 radical (unpaired) electrons. The first-order valence-corrected chi connectivity index (χ1v) is 16.4. The summed E-state index contributed by atoms with van der Waals surface area (Å²) in [6.07, 6.45) is 5.51. The number of ether oxygens (including phenoxy) is 2. The van der Waals surface area contributed by atoms with Crippen LogP contribution in [0.5, 0.6) is 11.5 Å². The summed E-state index contributed by atoms with van der Waals surface area (Å²) in [6, 6.07) is 23.1. The summed E-state index contributed by atoms with van der Waals surface area (Å²) < 4.78 is 10.8. The number of thioether (sulfide) groups is 1. The van der Waals surface area contributed by atoms with Crippen LogP contribution in [0.25, 0.3) is 6.08 Å². The van der Waals surface area contributed by atoms with Gasteiger partial charge in [-0.25, -0.2) is 0 Å². The van der Waals surface area contributed by atoms with Gasteiger partial charge in [0.15, 0.2) is 0 Å². The highest BCUT2D eigenvalue weighted by atomic mass is 32.2. The van der Waals surface area contributed by atoms with Crippen LogP contribution in [0.1, 0.15) is 44.8 Å². The number of fused-ring (bicyclic) bond motifs is 1. The maximum atomic E-state index is 13.6. The molecule has 0 bridgehead atoms. The molecule has 1 aromatic heterocycles. The van der Waals surface area contributed by atoms with Crippen LogP contribution < -0.4 is 25.4 Å². The minimum Gasteiger partial charge on any atom is -0.497 e. The van der Waals surface area contributed by atoms with Gasteiger partial charge in [0.25, 0.3) is 11.8 Å². The van der Waals surface area contributed by atoms with Crippen molar-refractivity contribution in [1.82, 2.24) is 5.32 Å². The van der Waals surface area contributed by atoms with Crippen molar-refractivity contribution in [3.63, 3.8) is 0 Å².